The van der Waals surface area contributed by atoms with Crippen LogP contribution in [0.4, 0.5) is 0 Å². The van der Waals surface area contributed by atoms with Crippen LogP contribution in [0.1, 0.15) is 74.9 Å². The van der Waals surface area contributed by atoms with Gasteiger partial charge >= 0.3 is 0 Å². The first-order valence-electron chi connectivity index (χ1n) is 7.66. The van der Waals surface area contributed by atoms with Crippen molar-refractivity contribution in [2.45, 2.75) is 63.2 Å². The largest absolute Gasteiger partial charge is 0.339 e. The average Bonchev–Trinajstić information content (AvgIpc) is 3.31. The Bertz CT molecular complexity index is 476. The van der Waals surface area contributed by atoms with Crippen molar-refractivity contribution in [2.24, 2.45) is 11.8 Å². The molecule has 19 heavy (non-hydrogen) atoms. The van der Waals surface area contributed by atoms with Crippen LogP contribution in [-0.2, 0) is 4.79 Å². The summed E-state index contributed by atoms with van der Waals surface area (Å²) in [5.74, 6) is 4.31. The third kappa shape index (κ3) is 2.33. The van der Waals surface area contributed by atoms with E-state index in [1.807, 2.05) is 0 Å². The summed E-state index contributed by atoms with van der Waals surface area (Å²) in [5, 5.41) is 4.24. The minimum absolute atomic E-state index is 0.182. The Hall–Kier alpha value is -1.19. The molecule has 0 N–H and O–H groups in total. The second-order valence-corrected chi connectivity index (χ2v) is 6.52. The third-order valence-electron chi connectivity index (χ3n) is 4.85. The zero-order valence-electron chi connectivity index (χ0n) is 11.2. The van der Waals surface area contributed by atoms with Crippen LogP contribution in [0.2, 0.25) is 0 Å². The summed E-state index contributed by atoms with van der Waals surface area (Å²) in [6.07, 6.45) is 8.62. The summed E-state index contributed by atoms with van der Waals surface area (Å²) in [4.78, 5) is 16.2. The standard InChI is InChI=1S/C15H20N2O2/c18-12-3-1-2-11(8-12)15-16-14(17-19-15)13(9-4-5-9)10-6-7-10/h9-11,13H,1-8H2. The number of ketones is 1. The van der Waals surface area contributed by atoms with E-state index in [0.717, 1.165) is 36.9 Å². The molecule has 1 aromatic rings. The maximum Gasteiger partial charge on any atom is 0.230 e. The fraction of sp³-hybridized carbons (Fsp3) is 0.800. The first-order chi connectivity index (χ1) is 9.31. The van der Waals surface area contributed by atoms with Crippen molar-refractivity contribution in [3.05, 3.63) is 11.7 Å². The van der Waals surface area contributed by atoms with E-state index >= 15 is 0 Å². The van der Waals surface area contributed by atoms with Crippen LogP contribution in [-0.4, -0.2) is 15.9 Å². The molecule has 3 saturated carbocycles. The van der Waals surface area contributed by atoms with Crippen molar-refractivity contribution >= 4 is 5.78 Å². The molecule has 0 saturated heterocycles. The number of rotatable bonds is 4. The van der Waals surface area contributed by atoms with Gasteiger partial charge in [0.1, 0.15) is 5.78 Å². The molecule has 102 valence electrons. The summed E-state index contributed by atoms with van der Waals surface area (Å²) in [6.45, 7) is 0. The highest BCUT2D eigenvalue weighted by Gasteiger charge is 2.45. The molecule has 0 amide bonds. The number of Topliss-reactive ketones (excluding diaryl/α,β-unsaturated/α-hetero) is 1. The van der Waals surface area contributed by atoms with Gasteiger partial charge in [0.05, 0.1) is 0 Å². The smallest absolute Gasteiger partial charge is 0.230 e. The Morgan fingerprint density at radius 1 is 1.11 bits per heavy atom. The van der Waals surface area contributed by atoms with Gasteiger partial charge in [0.25, 0.3) is 0 Å². The van der Waals surface area contributed by atoms with Gasteiger partial charge in [-0.05, 0) is 50.4 Å². The fourth-order valence-electron chi connectivity index (χ4n) is 3.50. The van der Waals surface area contributed by atoms with Gasteiger partial charge in [-0.2, -0.15) is 4.98 Å². The van der Waals surface area contributed by atoms with Crippen LogP contribution in [0.3, 0.4) is 0 Å². The van der Waals surface area contributed by atoms with E-state index in [-0.39, 0.29) is 5.92 Å². The molecule has 1 unspecified atom stereocenters. The molecule has 1 atom stereocenters. The van der Waals surface area contributed by atoms with Gasteiger partial charge in [-0.1, -0.05) is 5.16 Å². The number of hydrogen-bond donors (Lipinski definition) is 0. The van der Waals surface area contributed by atoms with Crippen molar-refractivity contribution in [1.82, 2.24) is 10.1 Å². The molecule has 1 aromatic heterocycles. The summed E-state index contributed by atoms with van der Waals surface area (Å²) in [5.41, 5.74) is 0. The zero-order valence-corrected chi connectivity index (χ0v) is 11.2. The van der Waals surface area contributed by atoms with Crippen LogP contribution in [0.15, 0.2) is 4.52 Å². The van der Waals surface area contributed by atoms with Crippen LogP contribution in [0.25, 0.3) is 0 Å². The Morgan fingerprint density at radius 3 is 2.47 bits per heavy atom. The van der Waals surface area contributed by atoms with E-state index in [2.05, 4.69) is 10.1 Å². The normalized spacial score (nSPS) is 28.1. The summed E-state index contributed by atoms with van der Waals surface area (Å²) in [6, 6.07) is 0. The van der Waals surface area contributed by atoms with Crippen LogP contribution >= 0.6 is 0 Å². The first kappa shape index (κ1) is 11.6. The fourth-order valence-corrected chi connectivity index (χ4v) is 3.50. The molecule has 0 spiro atoms. The number of nitrogens with zero attached hydrogens (tertiary/aromatic N) is 2. The van der Waals surface area contributed by atoms with Gasteiger partial charge < -0.3 is 4.52 Å². The molecular formula is C15H20N2O2. The highest BCUT2D eigenvalue weighted by Crippen LogP contribution is 2.53. The van der Waals surface area contributed by atoms with E-state index in [0.29, 0.717) is 24.0 Å². The van der Waals surface area contributed by atoms with Gasteiger partial charge in [-0.25, -0.2) is 0 Å². The van der Waals surface area contributed by atoms with Gasteiger partial charge in [0.15, 0.2) is 5.82 Å². The van der Waals surface area contributed by atoms with E-state index in [1.54, 1.807) is 0 Å². The van der Waals surface area contributed by atoms with Gasteiger partial charge in [-0.15, -0.1) is 0 Å². The maximum absolute atomic E-state index is 11.5. The molecule has 4 rings (SSSR count). The predicted octanol–water partition coefficient (Wildman–Crippen LogP) is 3.20. The first-order valence-corrected chi connectivity index (χ1v) is 7.66. The van der Waals surface area contributed by atoms with E-state index < -0.39 is 0 Å². The number of hydrogen-bond acceptors (Lipinski definition) is 4. The van der Waals surface area contributed by atoms with Crippen molar-refractivity contribution < 1.29 is 9.32 Å². The Kier molecular flexibility index (Phi) is 2.71. The number of aromatic nitrogens is 2. The molecule has 3 aliphatic rings. The number of carbonyl (C=O) groups is 1. The lowest BCUT2D eigenvalue weighted by molar-refractivity contribution is -0.120. The summed E-state index contributed by atoms with van der Waals surface area (Å²) in [7, 11) is 0. The molecule has 0 radical (unpaired) electrons. The summed E-state index contributed by atoms with van der Waals surface area (Å²) >= 11 is 0. The SMILES string of the molecule is O=C1CCCC(c2nc(C(C3CC3)C3CC3)no2)C1. The number of carbonyl (C=O) groups excluding carboxylic acids is 1. The average molecular weight is 260 g/mol. The minimum atomic E-state index is 0.182. The van der Waals surface area contributed by atoms with Crippen molar-refractivity contribution in [1.29, 1.82) is 0 Å². The quantitative estimate of drug-likeness (QED) is 0.834. The van der Waals surface area contributed by atoms with Crippen molar-refractivity contribution in [3.63, 3.8) is 0 Å². The second-order valence-electron chi connectivity index (χ2n) is 6.52. The van der Waals surface area contributed by atoms with Crippen LogP contribution in [0, 0.1) is 11.8 Å². The zero-order chi connectivity index (χ0) is 12.8. The highest BCUT2D eigenvalue weighted by atomic mass is 16.5. The topological polar surface area (TPSA) is 56.0 Å². The lowest BCUT2D eigenvalue weighted by Gasteiger charge is -2.16. The molecule has 0 aromatic carbocycles. The predicted molar refractivity (Wildman–Crippen MR) is 68.7 cm³/mol. The molecule has 0 bridgehead atoms. The van der Waals surface area contributed by atoms with Crippen molar-refractivity contribution in [3.8, 4) is 0 Å². The van der Waals surface area contributed by atoms with Gasteiger partial charge in [0, 0.05) is 24.7 Å². The van der Waals surface area contributed by atoms with E-state index in [1.165, 1.54) is 25.7 Å². The molecule has 4 heteroatoms. The highest BCUT2D eigenvalue weighted by molar-refractivity contribution is 5.79. The van der Waals surface area contributed by atoms with E-state index in [4.69, 9.17) is 4.52 Å². The molecule has 3 fully saturated rings. The van der Waals surface area contributed by atoms with Gasteiger partial charge in [0.2, 0.25) is 5.89 Å². The molecule has 1 heterocycles. The lowest BCUT2D eigenvalue weighted by Crippen LogP contribution is -2.14. The van der Waals surface area contributed by atoms with Crippen molar-refractivity contribution in [2.75, 3.05) is 0 Å². The second kappa shape index (κ2) is 4.43. The van der Waals surface area contributed by atoms with Gasteiger partial charge in [-0.3, -0.25) is 4.79 Å². The Labute approximate surface area is 113 Å². The lowest BCUT2D eigenvalue weighted by atomic mass is 9.88. The van der Waals surface area contributed by atoms with E-state index in [9.17, 15) is 4.79 Å². The maximum atomic E-state index is 11.5. The third-order valence-corrected chi connectivity index (χ3v) is 4.85. The van der Waals surface area contributed by atoms with Crippen LogP contribution < -0.4 is 0 Å². The summed E-state index contributed by atoms with van der Waals surface area (Å²) < 4.78 is 5.48. The van der Waals surface area contributed by atoms with Crippen LogP contribution in [0.5, 0.6) is 0 Å². The molecular weight excluding hydrogens is 240 g/mol. The monoisotopic (exact) mass is 260 g/mol. The minimum Gasteiger partial charge on any atom is -0.339 e. The molecule has 0 aliphatic heterocycles. The Balaban J connectivity index is 1.53. The Morgan fingerprint density at radius 2 is 1.84 bits per heavy atom. The molecule has 3 aliphatic carbocycles. The molecule has 4 nitrogen and oxygen atoms in total.